The summed E-state index contributed by atoms with van der Waals surface area (Å²) >= 11 is 0. The van der Waals surface area contributed by atoms with Crippen LogP contribution >= 0.6 is 0 Å². The van der Waals surface area contributed by atoms with E-state index in [1.807, 2.05) is 20.8 Å². The molecule has 1 saturated carbocycles. The van der Waals surface area contributed by atoms with Crippen molar-refractivity contribution in [3.8, 4) is 0 Å². The molecule has 0 aliphatic heterocycles. The Bertz CT molecular complexity index is 460. The van der Waals surface area contributed by atoms with Crippen molar-refractivity contribution in [2.24, 2.45) is 5.92 Å². The third-order valence-corrected chi connectivity index (χ3v) is 3.21. The minimum atomic E-state index is -0.469. The predicted molar refractivity (Wildman–Crippen MR) is 75.7 cm³/mol. The smallest absolute Gasteiger partial charge is 0.320 e. The molecule has 1 aromatic rings. The molecule has 4 heteroatoms. The molecule has 1 aliphatic rings. The van der Waals surface area contributed by atoms with Crippen LogP contribution in [-0.4, -0.2) is 18.1 Å². The number of nitrogens with one attached hydrogen (secondary N) is 1. The van der Waals surface area contributed by atoms with Gasteiger partial charge in [-0.2, -0.15) is 0 Å². The summed E-state index contributed by atoms with van der Waals surface area (Å²) in [5.74, 6) is 0.0311. The van der Waals surface area contributed by atoms with E-state index in [-0.39, 0.29) is 24.4 Å². The van der Waals surface area contributed by atoms with Crippen molar-refractivity contribution < 1.29 is 13.9 Å². The van der Waals surface area contributed by atoms with Gasteiger partial charge in [0, 0.05) is 6.04 Å². The van der Waals surface area contributed by atoms with Crippen LogP contribution in [0.3, 0.4) is 0 Å². The Hall–Kier alpha value is -1.42. The molecule has 0 aromatic heterocycles. The first-order chi connectivity index (χ1) is 9.35. The Kier molecular flexibility index (Phi) is 4.43. The predicted octanol–water partition coefficient (Wildman–Crippen LogP) is 3.21. The van der Waals surface area contributed by atoms with Gasteiger partial charge in [0.25, 0.3) is 0 Å². The van der Waals surface area contributed by atoms with Gasteiger partial charge in [0.2, 0.25) is 0 Å². The molecule has 1 atom stereocenters. The Morgan fingerprint density at radius 3 is 2.45 bits per heavy atom. The van der Waals surface area contributed by atoms with E-state index < -0.39 is 5.60 Å². The van der Waals surface area contributed by atoms with Crippen LogP contribution in [0.2, 0.25) is 0 Å². The lowest BCUT2D eigenvalue weighted by Gasteiger charge is -2.22. The lowest BCUT2D eigenvalue weighted by atomic mass is 10.0. The number of rotatable bonds is 5. The van der Waals surface area contributed by atoms with Gasteiger partial charge in [0.1, 0.15) is 11.4 Å². The van der Waals surface area contributed by atoms with E-state index in [0.29, 0.717) is 5.92 Å². The molecule has 0 amide bonds. The van der Waals surface area contributed by atoms with E-state index in [0.717, 1.165) is 18.4 Å². The zero-order chi connectivity index (χ0) is 14.8. The first kappa shape index (κ1) is 15.0. The molecule has 0 bridgehead atoms. The highest BCUT2D eigenvalue weighted by molar-refractivity contribution is 5.72. The second kappa shape index (κ2) is 5.92. The van der Waals surface area contributed by atoms with Crippen LogP contribution in [0.25, 0.3) is 0 Å². The quantitative estimate of drug-likeness (QED) is 0.841. The molecule has 0 spiro atoms. The average Bonchev–Trinajstić information content (AvgIpc) is 3.13. The maximum absolute atomic E-state index is 13.0. The van der Waals surface area contributed by atoms with Crippen LogP contribution in [0, 0.1) is 11.7 Å². The molecule has 1 fully saturated rings. The Morgan fingerprint density at radius 1 is 1.35 bits per heavy atom. The number of carbonyl (C=O) groups excluding carboxylic acids is 1. The molecule has 1 aliphatic carbocycles. The summed E-state index contributed by atoms with van der Waals surface area (Å²) in [7, 11) is 0. The summed E-state index contributed by atoms with van der Waals surface area (Å²) in [6.45, 7) is 5.73. The molecule has 1 unspecified atom stereocenters. The van der Waals surface area contributed by atoms with E-state index in [4.69, 9.17) is 4.74 Å². The standard InChI is InChI=1S/C16H22FNO2/c1-16(2,3)20-14(19)10-18-15(11-4-5-11)12-6-8-13(17)9-7-12/h6-9,11,15,18H,4-5,10H2,1-3H3. The van der Waals surface area contributed by atoms with E-state index >= 15 is 0 Å². The van der Waals surface area contributed by atoms with Gasteiger partial charge >= 0.3 is 5.97 Å². The maximum atomic E-state index is 13.0. The average molecular weight is 279 g/mol. The SMILES string of the molecule is CC(C)(C)OC(=O)CNC(c1ccc(F)cc1)C1CC1. The van der Waals surface area contributed by atoms with E-state index in [1.54, 1.807) is 12.1 Å². The highest BCUT2D eigenvalue weighted by Gasteiger charge is 2.32. The zero-order valence-electron chi connectivity index (χ0n) is 12.3. The zero-order valence-corrected chi connectivity index (χ0v) is 12.3. The third-order valence-electron chi connectivity index (χ3n) is 3.21. The fourth-order valence-electron chi connectivity index (χ4n) is 2.23. The lowest BCUT2D eigenvalue weighted by Crippen LogP contribution is -2.34. The number of carbonyl (C=O) groups is 1. The molecule has 0 saturated heterocycles. The van der Waals surface area contributed by atoms with Crippen LogP contribution < -0.4 is 5.32 Å². The second-order valence-electron chi connectivity index (χ2n) is 6.33. The molecule has 0 heterocycles. The van der Waals surface area contributed by atoms with Gasteiger partial charge in [0.15, 0.2) is 0 Å². The summed E-state index contributed by atoms with van der Waals surface area (Å²) < 4.78 is 18.3. The largest absolute Gasteiger partial charge is 0.459 e. The van der Waals surface area contributed by atoms with Crippen molar-refractivity contribution in [3.63, 3.8) is 0 Å². The summed E-state index contributed by atoms with van der Waals surface area (Å²) in [6.07, 6.45) is 2.28. The fourth-order valence-corrected chi connectivity index (χ4v) is 2.23. The highest BCUT2D eigenvalue weighted by Crippen LogP contribution is 2.40. The molecule has 1 N–H and O–H groups in total. The summed E-state index contributed by atoms with van der Waals surface area (Å²) in [6, 6.07) is 6.57. The Morgan fingerprint density at radius 2 is 1.95 bits per heavy atom. The number of esters is 1. The van der Waals surface area contributed by atoms with Gasteiger partial charge in [-0.1, -0.05) is 12.1 Å². The van der Waals surface area contributed by atoms with Gasteiger partial charge in [0.05, 0.1) is 6.54 Å². The molecule has 110 valence electrons. The van der Waals surface area contributed by atoms with E-state index in [2.05, 4.69) is 5.32 Å². The van der Waals surface area contributed by atoms with Crippen LogP contribution in [-0.2, 0) is 9.53 Å². The monoisotopic (exact) mass is 279 g/mol. The maximum Gasteiger partial charge on any atom is 0.320 e. The highest BCUT2D eigenvalue weighted by atomic mass is 19.1. The molecule has 1 aromatic carbocycles. The summed E-state index contributed by atoms with van der Waals surface area (Å²) in [5, 5.41) is 3.24. The van der Waals surface area contributed by atoms with Crippen molar-refractivity contribution >= 4 is 5.97 Å². The van der Waals surface area contributed by atoms with Gasteiger partial charge in [-0.05, 0) is 57.2 Å². The van der Waals surface area contributed by atoms with Gasteiger partial charge < -0.3 is 4.74 Å². The number of benzene rings is 1. The lowest BCUT2D eigenvalue weighted by molar-refractivity contribution is -0.153. The number of halogens is 1. The van der Waals surface area contributed by atoms with Crippen molar-refractivity contribution in [2.75, 3.05) is 6.54 Å². The van der Waals surface area contributed by atoms with Gasteiger partial charge in [-0.25, -0.2) is 4.39 Å². The topological polar surface area (TPSA) is 38.3 Å². The Labute approximate surface area is 119 Å². The molecule has 2 rings (SSSR count). The van der Waals surface area contributed by atoms with Gasteiger partial charge in [-0.15, -0.1) is 0 Å². The fraction of sp³-hybridized carbons (Fsp3) is 0.562. The summed E-state index contributed by atoms with van der Waals surface area (Å²) in [4.78, 5) is 11.7. The van der Waals surface area contributed by atoms with E-state index in [9.17, 15) is 9.18 Å². The van der Waals surface area contributed by atoms with Crippen molar-refractivity contribution in [3.05, 3.63) is 35.6 Å². The number of hydrogen-bond donors (Lipinski definition) is 1. The Balaban J connectivity index is 1.93. The van der Waals surface area contributed by atoms with Crippen LogP contribution in [0.4, 0.5) is 4.39 Å². The third kappa shape index (κ3) is 4.60. The van der Waals surface area contributed by atoms with Crippen LogP contribution in [0.1, 0.15) is 45.2 Å². The molecular weight excluding hydrogens is 257 g/mol. The van der Waals surface area contributed by atoms with Gasteiger partial charge in [-0.3, -0.25) is 10.1 Å². The molecule has 0 radical (unpaired) electrons. The second-order valence-corrected chi connectivity index (χ2v) is 6.33. The van der Waals surface area contributed by atoms with Crippen LogP contribution in [0.15, 0.2) is 24.3 Å². The number of ether oxygens (including phenoxy) is 1. The molecule has 20 heavy (non-hydrogen) atoms. The first-order valence-corrected chi connectivity index (χ1v) is 7.06. The van der Waals surface area contributed by atoms with Crippen molar-refractivity contribution in [1.29, 1.82) is 0 Å². The van der Waals surface area contributed by atoms with Crippen molar-refractivity contribution in [1.82, 2.24) is 5.32 Å². The summed E-state index contributed by atoms with van der Waals surface area (Å²) in [5.41, 5.74) is 0.557. The number of hydrogen-bond acceptors (Lipinski definition) is 3. The van der Waals surface area contributed by atoms with Crippen molar-refractivity contribution in [2.45, 2.75) is 45.3 Å². The first-order valence-electron chi connectivity index (χ1n) is 7.06. The molecule has 3 nitrogen and oxygen atoms in total. The van der Waals surface area contributed by atoms with E-state index in [1.165, 1.54) is 12.1 Å². The normalized spacial score (nSPS) is 16.8. The molecular formula is C16H22FNO2. The van der Waals surface area contributed by atoms with Crippen LogP contribution in [0.5, 0.6) is 0 Å². The minimum Gasteiger partial charge on any atom is -0.459 e. The minimum absolute atomic E-state index is 0.100.